The van der Waals surface area contributed by atoms with E-state index in [9.17, 15) is 9.18 Å². The van der Waals surface area contributed by atoms with E-state index in [0.717, 1.165) is 42.5 Å². The number of carbonyl (C=O) groups excluding carboxylic acids is 1. The van der Waals surface area contributed by atoms with Crippen LogP contribution in [0.3, 0.4) is 0 Å². The Bertz CT molecular complexity index is 1310. The lowest BCUT2D eigenvalue weighted by atomic mass is 9.88. The van der Waals surface area contributed by atoms with Crippen molar-refractivity contribution in [1.29, 1.82) is 0 Å². The molecule has 6 rings (SSSR count). The molecule has 2 aliphatic rings. The number of halogens is 1. The zero-order chi connectivity index (χ0) is 21.9. The van der Waals surface area contributed by atoms with Crippen LogP contribution in [0.2, 0.25) is 0 Å². The Morgan fingerprint density at radius 2 is 1.91 bits per heavy atom. The van der Waals surface area contributed by atoms with E-state index in [0.29, 0.717) is 5.92 Å². The fraction of sp³-hybridized carbons (Fsp3) is 0.259. The Kier molecular flexibility index (Phi) is 4.30. The highest BCUT2D eigenvalue weighted by atomic mass is 19.1. The largest absolute Gasteiger partial charge is 0.303 e. The summed E-state index contributed by atoms with van der Waals surface area (Å²) in [4.78, 5) is 14.4. The van der Waals surface area contributed by atoms with Gasteiger partial charge in [0.25, 0.3) is 0 Å². The van der Waals surface area contributed by atoms with Gasteiger partial charge in [0.05, 0.1) is 17.4 Å². The van der Waals surface area contributed by atoms with Crippen LogP contribution < -0.4 is 0 Å². The number of hydrogen-bond donors (Lipinski definition) is 0. The van der Waals surface area contributed by atoms with Gasteiger partial charge in [0, 0.05) is 36.4 Å². The lowest BCUT2D eigenvalue weighted by molar-refractivity contribution is -0.109. The Morgan fingerprint density at radius 3 is 2.66 bits per heavy atom. The van der Waals surface area contributed by atoms with Gasteiger partial charge in [0.2, 0.25) is 0 Å². The minimum absolute atomic E-state index is 0.0813. The third kappa shape index (κ3) is 2.84. The SMILES string of the molecule is Cc1cc2c(cnn2-c2ccc(F)cc2)cc1C12CN(Cc3ccccc3)CC1C2C=O. The number of hydrogen-bond acceptors (Lipinski definition) is 3. The minimum atomic E-state index is -0.260. The lowest BCUT2D eigenvalue weighted by Crippen LogP contribution is -2.29. The van der Waals surface area contributed by atoms with Gasteiger partial charge in [-0.2, -0.15) is 5.10 Å². The first-order valence-corrected chi connectivity index (χ1v) is 11.1. The smallest absolute Gasteiger partial charge is 0.124 e. The van der Waals surface area contributed by atoms with Gasteiger partial charge in [-0.25, -0.2) is 9.07 Å². The van der Waals surface area contributed by atoms with Crippen LogP contribution in [0.25, 0.3) is 16.6 Å². The van der Waals surface area contributed by atoms with E-state index in [2.05, 4.69) is 53.3 Å². The maximum Gasteiger partial charge on any atom is 0.124 e. The van der Waals surface area contributed by atoms with Crippen LogP contribution in [-0.2, 0) is 16.8 Å². The third-order valence-electron chi connectivity index (χ3n) is 7.40. The van der Waals surface area contributed by atoms with E-state index in [4.69, 9.17) is 0 Å². The van der Waals surface area contributed by atoms with Crippen molar-refractivity contribution < 1.29 is 9.18 Å². The molecule has 3 aromatic carbocycles. The summed E-state index contributed by atoms with van der Waals surface area (Å²) in [7, 11) is 0. The van der Waals surface area contributed by atoms with Crippen molar-refractivity contribution in [1.82, 2.24) is 14.7 Å². The van der Waals surface area contributed by atoms with Gasteiger partial charge in [0.1, 0.15) is 12.1 Å². The molecule has 2 fully saturated rings. The molecule has 3 atom stereocenters. The highest BCUT2D eigenvalue weighted by molar-refractivity contribution is 5.83. The number of aryl methyl sites for hydroxylation is 1. The molecular weight excluding hydrogens is 401 g/mol. The highest BCUT2D eigenvalue weighted by Crippen LogP contribution is 2.64. The van der Waals surface area contributed by atoms with E-state index in [-0.39, 0.29) is 17.2 Å². The molecule has 2 heterocycles. The Balaban J connectivity index is 1.36. The van der Waals surface area contributed by atoms with Gasteiger partial charge in [-0.05, 0) is 65.9 Å². The first kappa shape index (κ1) is 19.4. The van der Waals surface area contributed by atoms with E-state index in [1.165, 1.54) is 28.8 Å². The summed E-state index contributed by atoms with van der Waals surface area (Å²) in [6.45, 7) is 4.89. The van der Waals surface area contributed by atoms with Gasteiger partial charge in [-0.15, -0.1) is 0 Å². The quantitative estimate of drug-likeness (QED) is 0.436. The van der Waals surface area contributed by atoms with Crippen LogP contribution in [0.4, 0.5) is 4.39 Å². The molecule has 1 aliphatic carbocycles. The van der Waals surface area contributed by atoms with Crippen LogP contribution in [0.1, 0.15) is 16.7 Å². The summed E-state index contributed by atoms with van der Waals surface area (Å²) in [6.07, 6.45) is 3.03. The number of rotatable bonds is 5. The van der Waals surface area contributed by atoms with Crippen molar-refractivity contribution >= 4 is 17.2 Å². The maximum atomic E-state index is 13.4. The van der Waals surface area contributed by atoms with Crippen molar-refractivity contribution in [3.63, 3.8) is 0 Å². The molecule has 3 unspecified atom stereocenters. The number of likely N-dealkylation sites (tertiary alicyclic amines) is 1. The molecule has 1 saturated heterocycles. The summed E-state index contributed by atoms with van der Waals surface area (Å²) >= 11 is 0. The number of carbonyl (C=O) groups is 1. The fourth-order valence-electron chi connectivity index (χ4n) is 5.87. The molecule has 0 amide bonds. The van der Waals surface area contributed by atoms with Crippen molar-refractivity contribution in [2.75, 3.05) is 13.1 Å². The van der Waals surface area contributed by atoms with Gasteiger partial charge < -0.3 is 4.79 Å². The number of benzene rings is 3. The highest BCUT2D eigenvalue weighted by Gasteiger charge is 2.69. The van der Waals surface area contributed by atoms with Crippen molar-refractivity contribution in [2.24, 2.45) is 11.8 Å². The maximum absolute atomic E-state index is 13.4. The molecule has 4 nitrogen and oxygen atoms in total. The number of fused-ring (bicyclic) bond motifs is 2. The average Bonchev–Trinajstić information content (AvgIpc) is 3.07. The van der Waals surface area contributed by atoms with Crippen molar-refractivity contribution in [3.05, 3.63) is 95.4 Å². The molecule has 32 heavy (non-hydrogen) atoms. The Hall–Kier alpha value is -3.31. The van der Waals surface area contributed by atoms with E-state index in [1.807, 2.05) is 16.9 Å². The third-order valence-corrected chi connectivity index (χ3v) is 7.40. The summed E-state index contributed by atoms with van der Waals surface area (Å²) in [6, 6.07) is 21.3. The fourth-order valence-corrected chi connectivity index (χ4v) is 5.87. The molecule has 5 heteroatoms. The van der Waals surface area contributed by atoms with E-state index >= 15 is 0 Å². The predicted octanol–water partition coefficient (Wildman–Crippen LogP) is 4.67. The van der Waals surface area contributed by atoms with Crippen molar-refractivity contribution in [3.8, 4) is 5.69 Å². The van der Waals surface area contributed by atoms with E-state index in [1.54, 1.807) is 12.1 Å². The van der Waals surface area contributed by atoms with Crippen LogP contribution in [0.5, 0.6) is 0 Å². The molecule has 4 aromatic rings. The molecule has 160 valence electrons. The monoisotopic (exact) mass is 425 g/mol. The zero-order valence-electron chi connectivity index (χ0n) is 17.9. The number of nitrogens with zero attached hydrogens (tertiary/aromatic N) is 3. The van der Waals surface area contributed by atoms with Gasteiger partial charge >= 0.3 is 0 Å². The molecule has 1 aliphatic heterocycles. The molecule has 0 bridgehead atoms. The molecule has 1 saturated carbocycles. The van der Waals surface area contributed by atoms with Gasteiger partial charge in [0.15, 0.2) is 0 Å². The normalized spacial score (nSPS) is 24.6. The summed E-state index contributed by atoms with van der Waals surface area (Å²) in [5.74, 6) is 0.188. The van der Waals surface area contributed by atoms with Crippen molar-refractivity contribution in [2.45, 2.75) is 18.9 Å². The standard InChI is InChI=1S/C27H24FN3O/c1-18-11-26-20(13-29-31(26)22-9-7-21(28)8-10-22)12-23(18)27-17-30(15-24(27)25(27)16-32)14-19-5-3-2-4-6-19/h2-13,16,24-25H,14-15,17H2,1H3. The molecule has 1 aromatic heterocycles. The molecule has 0 N–H and O–H groups in total. The molecule has 0 radical (unpaired) electrons. The Morgan fingerprint density at radius 1 is 1.12 bits per heavy atom. The predicted molar refractivity (Wildman–Crippen MR) is 122 cm³/mol. The molecular formula is C27H24FN3O. The summed E-state index contributed by atoms with van der Waals surface area (Å²) in [5.41, 5.74) is 5.47. The second-order valence-electron chi connectivity index (χ2n) is 9.22. The first-order valence-electron chi connectivity index (χ1n) is 11.1. The minimum Gasteiger partial charge on any atom is -0.303 e. The lowest BCUT2D eigenvalue weighted by Gasteiger charge is -2.24. The number of aromatic nitrogens is 2. The topological polar surface area (TPSA) is 38.1 Å². The number of aldehydes is 1. The van der Waals surface area contributed by atoms with Gasteiger partial charge in [-0.1, -0.05) is 30.3 Å². The van der Waals surface area contributed by atoms with Gasteiger partial charge in [-0.3, -0.25) is 4.90 Å². The summed E-state index contributed by atoms with van der Waals surface area (Å²) < 4.78 is 15.2. The van der Waals surface area contributed by atoms with E-state index < -0.39 is 0 Å². The first-order chi connectivity index (χ1) is 15.6. The average molecular weight is 426 g/mol. The Labute approximate surface area is 186 Å². The number of piperidine rings is 1. The summed E-state index contributed by atoms with van der Waals surface area (Å²) in [5, 5.41) is 5.61. The van der Waals surface area contributed by atoms with Crippen LogP contribution in [-0.4, -0.2) is 34.1 Å². The second-order valence-corrected chi connectivity index (χ2v) is 9.22. The second kappa shape index (κ2) is 7.10. The van der Waals surface area contributed by atoms with Crippen LogP contribution in [0, 0.1) is 24.6 Å². The molecule has 0 spiro atoms. The van der Waals surface area contributed by atoms with Crippen LogP contribution in [0.15, 0.2) is 72.9 Å². The zero-order valence-corrected chi connectivity index (χ0v) is 17.9. The van der Waals surface area contributed by atoms with Crippen LogP contribution >= 0.6 is 0 Å².